The molecule has 0 bridgehead atoms. The van der Waals surface area contributed by atoms with Gasteiger partial charge in [0.25, 0.3) is 5.91 Å². The molecule has 5 rings (SSSR count). The molecule has 6 heteroatoms. The van der Waals surface area contributed by atoms with Crippen molar-refractivity contribution in [1.29, 1.82) is 0 Å². The number of para-hydroxylation sites is 1. The number of halogens is 1. The van der Waals surface area contributed by atoms with Crippen LogP contribution < -0.4 is 9.64 Å². The summed E-state index contributed by atoms with van der Waals surface area (Å²) < 4.78 is 18.9. The smallest absolute Gasteiger partial charge is 0.277 e. The zero-order chi connectivity index (χ0) is 20.7. The van der Waals surface area contributed by atoms with Gasteiger partial charge in [-0.25, -0.2) is 4.39 Å². The number of fused-ring (bicyclic) bond motifs is 1. The van der Waals surface area contributed by atoms with Crippen LogP contribution in [0.25, 0.3) is 11.3 Å². The molecule has 0 radical (unpaired) electrons. The second-order valence-electron chi connectivity index (χ2n) is 7.06. The number of carbonyl (C=O) groups is 1. The van der Waals surface area contributed by atoms with Gasteiger partial charge in [0.05, 0.1) is 18.8 Å². The summed E-state index contributed by atoms with van der Waals surface area (Å²) in [6, 6.07) is 22.9. The molecule has 0 saturated carbocycles. The molecule has 3 aromatic carbocycles. The van der Waals surface area contributed by atoms with E-state index in [1.165, 1.54) is 12.1 Å². The Morgan fingerprint density at radius 3 is 2.50 bits per heavy atom. The molecular weight excluding hydrogens is 381 g/mol. The molecule has 148 valence electrons. The zero-order valence-electron chi connectivity index (χ0n) is 16.2. The standard InChI is InChI=1S/C24H18FN3O2/c1-30-19-9-5-6-16(14-19)23-20-21(15-10-12-17(25)13-11-15)26-27-22(20)24(29)28(23)18-7-3-2-4-8-18/h2-14,23H,1H3,(H,26,27)/t23-/m0/s1. The lowest BCUT2D eigenvalue weighted by Crippen LogP contribution is -2.29. The Balaban J connectivity index is 1.73. The molecule has 30 heavy (non-hydrogen) atoms. The zero-order valence-corrected chi connectivity index (χ0v) is 16.2. The van der Waals surface area contributed by atoms with Gasteiger partial charge in [0.2, 0.25) is 0 Å². The van der Waals surface area contributed by atoms with Crippen molar-refractivity contribution in [3.63, 3.8) is 0 Å². The van der Waals surface area contributed by atoms with Crippen LogP contribution in [0.1, 0.15) is 27.7 Å². The maximum atomic E-state index is 13.5. The average molecular weight is 399 g/mol. The summed E-state index contributed by atoms with van der Waals surface area (Å²) in [5.74, 6) is 0.218. The van der Waals surface area contributed by atoms with Crippen molar-refractivity contribution in [2.75, 3.05) is 12.0 Å². The first-order valence-corrected chi connectivity index (χ1v) is 9.54. The van der Waals surface area contributed by atoms with Gasteiger partial charge in [0.15, 0.2) is 0 Å². The number of benzene rings is 3. The Labute approximate surface area is 172 Å². The molecular formula is C24H18FN3O2. The van der Waals surface area contributed by atoms with E-state index in [9.17, 15) is 9.18 Å². The van der Waals surface area contributed by atoms with Crippen LogP contribution in [-0.4, -0.2) is 23.2 Å². The number of hydrogen-bond donors (Lipinski definition) is 1. The van der Waals surface area contributed by atoms with E-state index in [0.29, 0.717) is 17.1 Å². The molecule has 1 aromatic heterocycles. The number of aromatic nitrogens is 2. The fraction of sp³-hybridized carbons (Fsp3) is 0.0833. The lowest BCUT2D eigenvalue weighted by molar-refractivity contribution is 0.0988. The van der Waals surface area contributed by atoms with Gasteiger partial charge in [-0.1, -0.05) is 30.3 Å². The molecule has 0 aliphatic carbocycles. The molecule has 1 aliphatic rings. The minimum atomic E-state index is -0.399. The average Bonchev–Trinajstić information content (AvgIpc) is 3.34. The maximum absolute atomic E-state index is 13.5. The number of rotatable bonds is 4. The molecule has 0 unspecified atom stereocenters. The largest absolute Gasteiger partial charge is 0.497 e. The van der Waals surface area contributed by atoms with E-state index in [0.717, 1.165) is 22.4 Å². The third kappa shape index (κ3) is 2.85. The summed E-state index contributed by atoms with van der Waals surface area (Å²) in [5.41, 5.74) is 4.25. The normalized spacial score (nSPS) is 15.3. The maximum Gasteiger partial charge on any atom is 0.277 e. The fourth-order valence-electron chi connectivity index (χ4n) is 3.96. The predicted octanol–water partition coefficient (Wildman–Crippen LogP) is 4.97. The summed E-state index contributed by atoms with van der Waals surface area (Å²) in [5, 5.41) is 7.32. The quantitative estimate of drug-likeness (QED) is 0.527. The molecule has 5 nitrogen and oxygen atoms in total. The molecule has 2 heterocycles. The Morgan fingerprint density at radius 2 is 1.77 bits per heavy atom. The summed E-state index contributed by atoms with van der Waals surface area (Å²) in [4.78, 5) is 15.2. The monoisotopic (exact) mass is 399 g/mol. The number of amides is 1. The van der Waals surface area contributed by atoms with E-state index in [4.69, 9.17) is 4.74 Å². The van der Waals surface area contributed by atoms with Crippen molar-refractivity contribution in [2.45, 2.75) is 6.04 Å². The number of ether oxygens (including phenoxy) is 1. The van der Waals surface area contributed by atoms with E-state index in [1.54, 1.807) is 24.1 Å². The topological polar surface area (TPSA) is 58.2 Å². The number of nitrogens with zero attached hydrogens (tertiary/aromatic N) is 2. The fourth-order valence-corrected chi connectivity index (χ4v) is 3.96. The number of nitrogens with one attached hydrogen (secondary N) is 1. The minimum absolute atomic E-state index is 0.162. The van der Waals surface area contributed by atoms with Crippen LogP contribution in [0, 0.1) is 5.82 Å². The van der Waals surface area contributed by atoms with E-state index in [1.807, 2.05) is 54.6 Å². The molecule has 0 saturated heterocycles. The van der Waals surface area contributed by atoms with Gasteiger partial charge in [-0.3, -0.25) is 14.8 Å². The van der Waals surface area contributed by atoms with Gasteiger partial charge < -0.3 is 4.74 Å². The third-order valence-electron chi connectivity index (χ3n) is 5.33. The number of anilines is 1. The highest BCUT2D eigenvalue weighted by atomic mass is 19.1. The Kier molecular flexibility index (Phi) is 4.32. The SMILES string of the molecule is COc1cccc([C@H]2c3c(-c4ccc(F)cc4)n[nH]c3C(=O)N2c2ccccc2)c1. The van der Waals surface area contributed by atoms with Crippen LogP contribution in [0.2, 0.25) is 0 Å². The van der Waals surface area contributed by atoms with Gasteiger partial charge in [0, 0.05) is 16.8 Å². The lowest BCUT2D eigenvalue weighted by Gasteiger charge is -2.26. The second kappa shape index (κ2) is 7.15. The van der Waals surface area contributed by atoms with Gasteiger partial charge >= 0.3 is 0 Å². The number of carbonyl (C=O) groups excluding carboxylic acids is 1. The molecule has 4 aromatic rings. The molecule has 0 fully saturated rings. The van der Waals surface area contributed by atoms with Gasteiger partial charge in [-0.15, -0.1) is 0 Å². The number of aromatic amines is 1. The van der Waals surface area contributed by atoms with E-state index >= 15 is 0 Å². The Bertz CT molecular complexity index is 1220. The summed E-state index contributed by atoms with van der Waals surface area (Å²) >= 11 is 0. The number of H-pyrrole nitrogens is 1. The van der Waals surface area contributed by atoms with E-state index < -0.39 is 6.04 Å². The second-order valence-corrected chi connectivity index (χ2v) is 7.06. The summed E-state index contributed by atoms with van der Waals surface area (Å²) in [6.45, 7) is 0. The highest BCUT2D eigenvalue weighted by Gasteiger charge is 2.43. The van der Waals surface area contributed by atoms with E-state index in [-0.39, 0.29) is 11.7 Å². The number of methoxy groups -OCH3 is 1. The highest BCUT2D eigenvalue weighted by molar-refractivity contribution is 6.11. The van der Waals surface area contributed by atoms with Crippen molar-refractivity contribution in [3.05, 3.63) is 102 Å². The Hall–Kier alpha value is -3.93. The first-order valence-electron chi connectivity index (χ1n) is 9.54. The predicted molar refractivity (Wildman–Crippen MR) is 112 cm³/mol. The lowest BCUT2D eigenvalue weighted by atomic mass is 9.95. The molecule has 1 N–H and O–H groups in total. The van der Waals surface area contributed by atoms with Crippen molar-refractivity contribution >= 4 is 11.6 Å². The van der Waals surface area contributed by atoms with Crippen LogP contribution in [-0.2, 0) is 0 Å². The van der Waals surface area contributed by atoms with Crippen molar-refractivity contribution in [3.8, 4) is 17.0 Å². The first-order chi connectivity index (χ1) is 14.7. The summed E-state index contributed by atoms with van der Waals surface area (Å²) in [7, 11) is 1.61. The summed E-state index contributed by atoms with van der Waals surface area (Å²) in [6.07, 6.45) is 0. The van der Waals surface area contributed by atoms with Crippen LogP contribution in [0.4, 0.5) is 10.1 Å². The molecule has 1 amide bonds. The Morgan fingerprint density at radius 1 is 1.00 bits per heavy atom. The van der Waals surface area contributed by atoms with Gasteiger partial charge in [0.1, 0.15) is 17.3 Å². The first kappa shape index (κ1) is 18.1. The van der Waals surface area contributed by atoms with Crippen molar-refractivity contribution in [1.82, 2.24) is 10.2 Å². The third-order valence-corrected chi connectivity index (χ3v) is 5.33. The minimum Gasteiger partial charge on any atom is -0.497 e. The van der Waals surface area contributed by atoms with Crippen LogP contribution in [0.15, 0.2) is 78.9 Å². The van der Waals surface area contributed by atoms with Crippen molar-refractivity contribution in [2.24, 2.45) is 0 Å². The molecule has 0 spiro atoms. The van der Waals surface area contributed by atoms with Gasteiger partial charge in [-0.2, -0.15) is 5.10 Å². The highest BCUT2D eigenvalue weighted by Crippen LogP contribution is 2.45. The van der Waals surface area contributed by atoms with Crippen LogP contribution in [0.3, 0.4) is 0 Å². The van der Waals surface area contributed by atoms with E-state index in [2.05, 4.69) is 10.2 Å². The van der Waals surface area contributed by atoms with Gasteiger partial charge in [-0.05, 0) is 54.1 Å². The van der Waals surface area contributed by atoms with Crippen molar-refractivity contribution < 1.29 is 13.9 Å². The number of hydrogen-bond acceptors (Lipinski definition) is 3. The molecule has 1 aliphatic heterocycles. The van der Waals surface area contributed by atoms with Crippen LogP contribution in [0.5, 0.6) is 5.75 Å². The van der Waals surface area contributed by atoms with Crippen LogP contribution >= 0.6 is 0 Å². The molecule has 1 atom stereocenters.